The molecule has 1 fully saturated rings. The molecule has 27 heavy (non-hydrogen) atoms. The molecule has 1 saturated heterocycles. The largest absolute Gasteiger partial charge is 0.291 e. The van der Waals surface area contributed by atoms with Crippen LogP contribution in [0.1, 0.15) is 37.0 Å². The molecule has 2 atom stereocenters. The van der Waals surface area contributed by atoms with Crippen molar-refractivity contribution in [2.75, 3.05) is 13.1 Å². The van der Waals surface area contributed by atoms with Gasteiger partial charge < -0.3 is 0 Å². The van der Waals surface area contributed by atoms with Gasteiger partial charge in [-0.15, -0.1) is 0 Å². The smallest absolute Gasteiger partial charge is 0.243 e. The Morgan fingerprint density at radius 3 is 2.30 bits per heavy atom. The molecule has 0 bridgehead atoms. The Labute approximate surface area is 162 Å². The van der Waals surface area contributed by atoms with Crippen LogP contribution in [0.4, 0.5) is 0 Å². The van der Waals surface area contributed by atoms with Gasteiger partial charge in [-0.3, -0.25) is 4.90 Å². The van der Waals surface area contributed by atoms with Crippen molar-refractivity contribution in [2.45, 2.75) is 56.6 Å². The van der Waals surface area contributed by atoms with E-state index in [2.05, 4.69) is 43.0 Å². The van der Waals surface area contributed by atoms with Gasteiger partial charge in [-0.1, -0.05) is 36.4 Å². The Morgan fingerprint density at radius 2 is 1.59 bits per heavy atom. The van der Waals surface area contributed by atoms with E-state index in [1.807, 2.05) is 18.2 Å². The van der Waals surface area contributed by atoms with Crippen LogP contribution in [0.5, 0.6) is 0 Å². The Morgan fingerprint density at radius 1 is 0.926 bits per heavy atom. The van der Waals surface area contributed by atoms with Gasteiger partial charge in [0.2, 0.25) is 10.0 Å². The minimum Gasteiger partial charge on any atom is -0.291 e. The van der Waals surface area contributed by atoms with Crippen LogP contribution in [0.3, 0.4) is 0 Å². The lowest BCUT2D eigenvalue weighted by Gasteiger charge is -2.43. The van der Waals surface area contributed by atoms with E-state index in [0.29, 0.717) is 18.0 Å². The van der Waals surface area contributed by atoms with Crippen molar-refractivity contribution in [1.29, 1.82) is 0 Å². The fraction of sp³-hybridized carbons (Fsp3) is 0.455. The van der Waals surface area contributed by atoms with Gasteiger partial charge in [-0.2, -0.15) is 4.31 Å². The summed E-state index contributed by atoms with van der Waals surface area (Å²) in [4.78, 5) is 2.86. The molecular weight excluding hydrogens is 356 g/mol. The predicted molar refractivity (Wildman–Crippen MR) is 108 cm³/mol. The van der Waals surface area contributed by atoms with E-state index in [4.69, 9.17) is 0 Å². The number of hydrogen-bond acceptors (Lipinski definition) is 3. The summed E-state index contributed by atoms with van der Waals surface area (Å²) >= 11 is 0. The third kappa shape index (κ3) is 3.68. The first-order valence-corrected chi connectivity index (χ1v) is 11.3. The highest BCUT2D eigenvalue weighted by Gasteiger charge is 2.36. The number of sulfonamides is 1. The van der Waals surface area contributed by atoms with Crippen molar-refractivity contribution in [2.24, 2.45) is 0 Å². The number of hydrogen-bond donors (Lipinski definition) is 0. The van der Waals surface area contributed by atoms with Crippen molar-refractivity contribution in [1.82, 2.24) is 9.21 Å². The van der Waals surface area contributed by atoms with Crippen molar-refractivity contribution in [3.05, 3.63) is 65.2 Å². The molecule has 2 aromatic rings. The topological polar surface area (TPSA) is 40.6 Å². The fourth-order valence-corrected chi connectivity index (χ4v) is 6.12. The summed E-state index contributed by atoms with van der Waals surface area (Å²) < 4.78 is 28.2. The molecule has 4 nitrogen and oxygen atoms in total. The average Bonchev–Trinajstić information content (AvgIpc) is 3.13. The molecule has 0 N–H and O–H groups in total. The summed E-state index contributed by atoms with van der Waals surface area (Å²) in [5, 5.41) is 0. The van der Waals surface area contributed by atoms with Gasteiger partial charge >= 0.3 is 0 Å². The molecule has 0 saturated carbocycles. The number of piperazine rings is 1. The zero-order valence-corrected chi connectivity index (χ0v) is 17.0. The maximum atomic E-state index is 13.3. The lowest BCUT2D eigenvalue weighted by atomic mass is 10.1. The monoisotopic (exact) mass is 384 g/mol. The maximum absolute atomic E-state index is 13.3. The SMILES string of the molecule is CC1CN(S(=O)(=O)c2ccc3c(c2)CCC3)CC(C)N1Cc1ccccc1. The number of aryl methyl sites for hydroxylation is 2. The van der Waals surface area contributed by atoms with Gasteiger partial charge in [0.1, 0.15) is 0 Å². The van der Waals surface area contributed by atoms with Crippen molar-refractivity contribution >= 4 is 10.0 Å². The van der Waals surface area contributed by atoms with E-state index in [1.54, 1.807) is 10.4 Å². The van der Waals surface area contributed by atoms with Crippen LogP contribution in [0, 0.1) is 0 Å². The Bertz CT molecular complexity index is 899. The van der Waals surface area contributed by atoms with Gasteiger partial charge in [-0.25, -0.2) is 8.42 Å². The molecular formula is C22H28N2O2S. The first-order chi connectivity index (χ1) is 12.9. The Balaban J connectivity index is 1.52. The lowest BCUT2D eigenvalue weighted by molar-refractivity contribution is 0.0699. The summed E-state index contributed by atoms with van der Waals surface area (Å²) in [5.41, 5.74) is 3.79. The molecule has 1 aliphatic carbocycles. The summed E-state index contributed by atoms with van der Waals surface area (Å²) in [6.07, 6.45) is 3.20. The van der Waals surface area contributed by atoms with Gasteiger partial charge in [0, 0.05) is 31.7 Å². The molecule has 0 aromatic heterocycles. The molecule has 144 valence electrons. The highest BCUT2D eigenvalue weighted by atomic mass is 32.2. The second-order valence-corrected chi connectivity index (χ2v) is 9.90. The summed E-state index contributed by atoms with van der Waals surface area (Å²) in [6.45, 7) is 6.19. The second-order valence-electron chi connectivity index (χ2n) is 7.96. The van der Waals surface area contributed by atoms with Crippen molar-refractivity contribution in [3.8, 4) is 0 Å². The molecule has 2 unspecified atom stereocenters. The molecule has 2 aromatic carbocycles. The zero-order valence-electron chi connectivity index (χ0n) is 16.1. The normalized spacial score (nSPS) is 24.1. The van der Waals surface area contributed by atoms with Crippen LogP contribution in [0.2, 0.25) is 0 Å². The average molecular weight is 385 g/mol. The van der Waals surface area contributed by atoms with Crippen LogP contribution >= 0.6 is 0 Å². The van der Waals surface area contributed by atoms with E-state index in [-0.39, 0.29) is 12.1 Å². The molecule has 2 aliphatic rings. The maximum Gasteiger partial charge on any atom is 0.243 e. The Hall–Kier alpha value is -1.69. The molecule has 0 radical (unpaired) electrons. The zero-order chi connectivity index (χ0) is 19.0. The van der Waals surface area contributed by atoms with Gasteiger partial charge in [0.15, 0.2) is 0 Å². The van der Waals surface area contributed by atoms with Crippen molar-refractivity contribution in [3.63, 3.8) is 0 Å². The molecule has 1 heterocycles. The van der Waals surface area contributed by atoms with Gasteiger partial charge in [0.05, 0.1) is 4.90 Å². The van der Waals surface area contributed by atoms with E-state index < -0.39 is 10.0 Å². The van der Waals surface area contributed by atoms with Crippen LogP contribution in [0.25, 0.3) is 0 Å². The minimum absolute atomic E-state index is 0.179. The number of rotatable bonds is 4. The molecule has 0 spiro atoms. The summed E-state index contributed by atoms with van der Waals surface area (Å²) in [7, 11) is -3.44. The van der Waals surface area contributed by atoms with E-state index in [1.165, 1.54) is 16.7 Å². The quantitative estimate of drug-likeness (QED) is 0.811. The fourth-order valence-electron chi connectivity index (χ4n) is 4.47. The Kier molecular flexibility index (Phi) is 5.10. The standard InChI is InChI=1S/C22H28N2O2S/c1-17-14-23(15-18(2)24(17)16-19-7-4-3-5-8-19)27(25,26)22-12-11-20-9-6-10-21(20)13-22/h3-5,7-8,11-13,17-18H,6,9-10,14-16H2,1-2H3. The minimum atomic E-state index is -3.44. The first kappa shape index (κ1) is 18.7. The third-order valence-electron chi connectivity index (χ3n) is 5.98. The highest BCUT2D eigenvalue weighted by molar-refractivity contribution is 7.89. The second kappa shape index (κ2) is 7.38. The molecule has 5 heteroatoms. The van der Waals surface area contributed by atoms with Crippen LogP contribution in [-0.2, 0) is 29.4 Å². The summed E-state index contributed by atoms with van der Waals surface area (Å²) in [5.74, 6) is 0. The van der Waals surface area contributed by atoms with E-state index in [0.717, 1.165) is 25.8 Å². The number of fused-ring (bicyclic) bond motifs is 1. The van der Waals surface area contributed by atoms with E-state index in [9.17, 15) is 8.42 Å². The first-order valence-electron chi connectivity index (χ1n) is 9.87. The lowest BCUT2D eigenvalue weighted by Crippen LogP contribution is -2.57. The van der Waals surface area contributed by atoms with Crippen molar-refractivity contribution < 1.29 is 8.42 Å². The number of nitrogens with zero attached hydrogens (tertiary/aromatic N) is 2. The number of benzene rings is 2. The van der Waals surface area contributed by atoms with Crippen LogP contribution < -0.4 is 0 Å². The molecule has 1 aliphatic heterocycles. The van der Waals surface area contributed by atoms with E-state index >= 15 is 0 Å². The third-order valence-corrected chi connectivity index (χ3v) is 7.81. The van der Waals surface area contributed by atoms with Gasteiger partial charge in [-0.05, 0) is 61.9 Å². The highest BCUT2D eigenvalue weighted by Crippen LogP contribution is 2.28. The van der Waals surface area contributed by atoms with Crippen LogP contribution in [0.15, 0.2) is 53.4 Å². The molecule has 4 rings (SSSR count). The molecule has 0 amide bonds. The summed E-state index contributed by atoms with van der Waals surface area (Å²) in [6, 6.07) is 16.5. The predicted octanol–water partition coefficient (Wildman–Crippen LogP) is 3.46. The van der Waals surface area contributed by atoms with Crippen LogP contribution in [-0.4, -0.2) is 42.8 Å². The van der Waals surface area contributed by atoms with Gasteiger partial charge in [0.25, 0.3) is 0 Å².